The Hall–Kier alpha value is 0.310. The van der Waals surface area contributed by atoms with Crippen LogP contribution in [0.5, 0.6) is 0 Å². The number of rotatable bonds is 0. The molecule has 1 aliphatic carbocycles. The van der Waals surface area contributed by atoms with Crippen molar-refractivity contribution < 1.29 is 0 Å². The van der Waals surface area contributed by atoms with Crippen molar-refractivity contribution in [3.63, 3.8) is 0 Å². The predicted octanol–water partition coefficient (Wildman–Crippen LogP) is 2.49. The fourth-order valence-corrected chi connectivity index (χ4v) is 2.98. The molecule has 1 aliphatic heterocycles. The topological polar surface area (TPSA) is 3.24 Å². The molecule has 0 aromatic heterocycles. The van der Waals surface area contributed by atoms with E-state index in [0.29, 0.717) is 0 Å². The molecule has 0 bridgehead atoms. The van der Waals surface area contributed by atoms with E-state index in [1.54, 1.807) is 0 Å². The molecular weight excluding hydrogens is 154 g/mol. The summed E-state index contributed by atoms with van der Waals surface area (Å²) in [7, 11) is 0. The SMILES string of the molecule is SN1CCC2CCCCCC21. The van der Waals surface area contributed by atoms with Crippen molar-refractivity contribution >= 4 is 12.8 Å². The second-order valence-electron chi connectivity index (χ2n) is 3.92. The lowest BCUT2D eigenvalue weighted by Crippen LogP contribution is -2.24. The maximum Gasteiger partial charge on any atom is 0.0228 e. The molecule has 2 heteroatoms. The summed E-state index contributed by atoms with van der Waals surface area (Å²) in [5.41, 5.74) is 0. The third-order valence-corrected chi connectivity index (χ3v) is 3.73. The number of fused-ring (bicyclic) bond motifs is 1. The standard InChI is InChI=1S/C9H17NS/c11-10-7-6-8-4-2-1-3-5-9(8)10/h8-9,11H,1-7H2. The van der Waals surface area contributed by atoms with Gasteiger partial charge in [-0.2, -0.15) is 0 Å². The molecule has 1 saturated heterocycles. The minimum atomic E-state index is 0.820. The van der Waals surface area contributed by atoms with Gasteiger partial charge in [-0.1, -0.05) is 32.1 Å². The Morgan fingerprint density at radius 2 is 1.82 bits per heavy atom. The minimum absolute atomic E-state index is 0.820. The van der Waals surface area contributed by atoms with E-state index in [-0.39, 0.29) is 0 Å². The van der Waals surface area contributed by atoms with Gasteiger partial charge >= 0.3 is 0 Å². The first kappa shape index (κ1) is 7.93. The highest BCUT2D eigenvalue weighted by Gasteiger charge is 2.32. The van der Waals surface area contributed by atoms with Gasteiger partial charge in [0.15, 0.2) is 0 Å². The van der Waals surface area contributed by atoms with E-state index >= 15 is 0 Å². The lowest BCUT2D eigenvalue weighted by Gasteiger charge is -2.21. The second kappa shape index (κ2) is 3.36. The minimum Gasteiger partial charge on any atom is -0.250 e. The lowest BCUT2D eigenvalue weighted by atomic mass is 9.96. The molecule has 2 atom stereocenters. The number of thiol groups is 1. The van der Waals surface area contributed by atoms with Crippen molar-refractivity contribution in [1.29, 1.82) is 0 Å². The van der Waals surface area contributed by atoms with Gasteiger partial charge in [0.05, 0.1) is 0 Å². The average molecular weight is 171 g/mol. The summed E-state index contributed by atoms with van der Waals surface area (Å²) in [5.74, 6) is 0.981. The van der Waals surface area contributed by atoms with Crippen LogP contribution in [-0.4, -0.2) is 16.9 Å². The molecule has 0 spiro atoms. The van der Waals surface area contributed by atoms with Gasteiger partial charge in [0.2, 0.25) is 0 Å². The summed E-state index contributed by atoms with van der Waals surface area (Å²) >= 11 is 4.50. The molecule has 2 rings (SSSR count). The largest absolute Gasteiger partial charge is 0.250 e. The second-order valence-corrected chi connectivity index (χ2v) is 4.43. The first-order valence-corrected chi connectivity index (χ1v) is 5.23. The van der Waals surface area contributed by atoms with Crippen LogP contribution in [0, 0.1) is 5.92 Å². The van der Waals surface area contributed by atoms with Crippen LogP contribution < -0.4 is 0 Å². The Morgan fingerprint density at radius 3 is 2.73 bits per heavy atom. The molecule has 64 valence electrons. The van der Waals surface area contributed by atoms with E-state index < -0.39 is 0 Å². The molecule has 2 fully saturated rings. The van der Waals surface area contributed by atoms with Crippen LogP contribution in [0.2, 0.25) is 0 Å². The summed E-state index contributed by atoms with van der Waals surface area (Å²) in [4.78, 5) is 0. The maximum atomic E-state index is 4.50. The maximum absolute atomic E-state index is 4.50. The molecule has 1 heterocycles. The third-order valence-electron chi connectivity index (χ3n) is 3.23. The van der Waals surface area contributed by atoms with E-state index in [2.05, 4.69) is 17.1 Å². The van der Waals surface area contributed by atoms with E-state index in [9.17, 15) is 0 Å². The highest BCUT2D eigenvalue weighted by Crippen LogP contribution is 2.35. The van der Waals surface area contributed by atoms with Crippen molar-refractivity contribution in [2.24, 2.45) is 5.92 Å². The van der Waals surface area contributed by atoms with Gasteiger partial charge in [-0.05, 0) is 25.2 Å². The zero-order chi connectivity index (χ0) is 7.68. The molecule has 0 aromatic carbocycles. The number of hydrogen-bond acceptors (Lipinski definition) is 2. The Bertz CT molecular complexity index is 138. The van der Waals surface area contributed by atoms with Gasteiger partial charge in [0.25, 0.3) is 0 Å². The van der Waals surface area contributed by atoms with Crippen LogP contribution in [-0.2, 0) is 0 Å². The molecular formula is C9H17NS. The smallest absolute Gasteiger partial charge is 0.0228 e. The summed E-state index contributed by atoms with van der Waals surface area (Å²) in [6.45, 7) is 1.22. The molecule has 11 heavy (non-hydrogen) atoms. The third kappa shape index (κ3) is 1.57. The fraction of sp³-hybridized carbons (Fsp3) is 1.00. The highest BCUT2D eigenvalue weighted by molar-refractivity contribution is 7.77. The Balaban J connectivity index is 2.00. The van der Waals surface area contributed by atoms with Crippen molar-refractivity contribution in [3.05, 3.63) is 0 Å². The van der Waals surface area contributed by atoms with Gasteiger partial charge in [0, 0.05) is 12.6 Å². The highest BCUT2D eigenvalue weighted by atomic mass is 32.1. The predicted molar refractivity (Wildman–Crippen MR) is 50.7 cm³/mol. The van der Waals surface area contributed by atoms with Crippen molar-refractivity contribution in [2.75, 3.05) is 6.54 Å². The average Bonchev–Trinajstić information content (AvgIpc) is 2.25. The van der Waals surface area contributed by atoms with E-state index in [4.69, 9.17) is 0 Å². The van der Waals surface area contributed by atoms with Crippen LogP contribution >= 0.6 is 12.8 Å². The summed E-state index contributed by atoms with van der Waals surface area (Å²) in [6.07, 6.45) is 8.60. The van der Waals surface area contributed by atoms with Gasteiger partial charge in [-0.3, -0.25) is 0 Å². The molecule has 0 amide bonds. The van der Waals surface area contributed by atoms with Gasteiger partial charge in [-0.15, -0.1) is 0 Å². The first-order valence-electron chi connectivity index (χ1n) is 4.83. The Kier molecular flexibility index (Phi) is 2.42. The van der Waals surface area contributed by atoms with Crippen LogP contribution in [0.1, 0.15) is 38.5 Å². The van der Waals surface area contributed by atoms with Gasteiger partial charge < -0.3 is 0 Å². The van der Waals surface area contributed by atoms with Crippen molar-refractivity contribution in [2.45, 2.75) is 44.6 Å². The molecule has 2 unspecified atom stereocenters. The summed E-state index contributed by atoms with van der Waals surface area (Å²) in [5, 5.41) is 0. The Morgan fingerprint density at radius 1 is 1.00 bits per heavy atom. The number of nitrogens with zero attached hydrogens (tertiary/aromatic N) is 1. The van der Waals surface area contributed by atoms with Crippen molar-refractivity contribution in [3.8, 4) is 0 Å². The van der Waals surface area contributed by atoms with E-state index in [1.807, 2.05) is 0 Å². The first-order chi connectivity index (χ1) is 5.38. The zero-order valence-corrected chi connectivity index (χ0v) is 7.89. The molecule has 0 N–H and O–H groups in total. The van der Waals surface area contributed by atoms with Crippen LogP contribution in [0.25, 0.3) is 0 Å². The quantitative estimate of drug-likeness (QED) is 0.548. The summed E-state index contributed by atoms with van der Waals surface area (Å²) in [6, 6.07) is 0.820. The zero-order valence-electron chi connectivity index (χ0n) is 7.00. The molecule has 0 aromatic rings. The van der Waals surface area contributed by atoms with Gasteiger partial charge in [-0.25, -0.2) is 4.31 Å². The monoisotopic (exact) mass is 171 g/mol. The summed E-state index contributed by atoms with van der Waals surface area (Å²) < 4.78 is 2.27. The normalized spacial score (nSPS) is 40.1. The van der Waals surface area contributed by atoms with Crippen molar-refractivity contribution in [1.82, 2.24) is 4.31 Å². The lowest BCUT2D eigenvalue weighted by molar-refractivity contribution is 0.348. The molecule has 1 nitrogen and oxygen atoms in total. The molecule has 0 radical (unpaired) electrons. The fourth-order valence-electron chi connectivity index (χ4n) is 2.56. The van der Waals surface area contributed by atoms with Crippen LogP contribution in [0.15, 0.2) is 0 Å². The Labute approximate surface area is 74.7 Å². The van der Waals surface area contributed by atoms with Gasteiger partial charge in [0.1, 0.15) is 0 Å². The molecule has 2 aliphatic rings. The van der Waals surface area contributed by atoms with E-state index in [0.717, 1.165) is 12.0 Å². The van der Waals surface area contributed by atoms with Crippen LogP contribution in [0.3, 0.4) is 0 Å². The van der Waals surface area contributed by atoms with Crippen LogP contribution in [0.4, 0.5) is 0 Å². The number of hydrogen-bond donors (Lipinski definition) is 1. The van der Waals surface area contributed by atoms with E-state index in [1.165, 1.54) is 45.1 Å². The molecule has 1 saturated carbocycles.